The van der Waals surface area contributed by atoms with Crippen LogP contribution in [0.15, 0.2) is 121 Å². The maximum absolute atomic E-state index is 8.24. The average Bonchev–Trinajstić information content (AvgIpc) is 3.15. The number of guanidine groups is 2. The Hall–Kier alpha value is -4.66. The molecular weight excluding hydrogens is 605 g/mol. The molecule has 0 fully saturated rings. The molecule has 0 amide bonds. The molecule has 0 radical (unpaired) electrons. The van der Waals surface area contributed by atoms with Crippen LogP contribution in [-0.4, -0.2) is 64.3 Å². The summed E-state index contributed by atoms with van der Waals surface area (Å²) >= 11 is 0. The number of nitrogens with one attached hydrogen (secondary N) is 8. The van der Waals surface area contributed by atoms with Gasteiger partial charge in [0, 0.05) is 38.0 Å². The third-order valence-electron chi connectivity index (χ3n) is 8.65. The van der Waals surface area contributed by atoms with Crippen LogP contribution in [0, 0.1) is 10.8 Å². The monoisotopic (exact) mass is 660 g/mol. The van der Waals surface area contributed by atoms with Gasteiger partial charge in [0.15, 0.2) is 11.9 Å². The summed E-state index contributed by atoms with van der Waals surface area (Å²) in [5.74, 6) is 1.41. The van der Waals surface area contributed by atoms with Crippen molar-refractivity contribution < 1.29 is 0 Å². The highest BCUT2D eigenvalue weighted by Crippen LogP contribution is 2.28. The van der Waals surface area contributed by atoms with Crippen molar-refractivity contribution in [3.8, 4) is 0 Å². The predicted octanol–water partition coefficient (Wildman–Crippen LogP) is 6.01. The molecule has 0 unspecified atom stereocenters. The van der Waals surface area contributed by atoms with Crippen LogP contribution < -0.4 is 31.9 Å². The molecule has 0 aromatic heterocycles. The van der Waals surface area contributed by atoms with E-state index < -0.39 is 0 Å². The Bertz CT molecular complexity index is 1240. The molecule has 0 aliphatic heterocycles. The zero-order chi connectivity index (χ0) is 34.2. The molecule has 8 heteroatoms. The van der Waals surface area contributed by atoms with E-state index in [0.29, 0.717) is 23.8 Å². The summed E-state index contributed by atoms with van der Waals surface area (Å²) in [7, 11) is 0. The van der Waals surface area contributed by atoms with Gasteiger partial charge in [0.2, 0.25) is 0 Å². The van der Waals surface area contributed by atoms with E-state index in [9.17, 15) is 0 Å². The van der Waals surface area contributed by atoms with Crippen molar-refractivity contribution in [3.63, 3.8) is 0 Å². The van der Waals surface area contributed by atoms with Gasteiger partial charge in [-0.2, -0.15) is 0 Å². The number of hydrogen-bond acceptors (Lipinski definition) is 4. The fourth-order valence-electron chi connectivity index (χ4n) is 6.04. The molecule has 0 spiro atoms. The minimum atomic E-state index is 0.310. The van der Waals surface area contributed by atoms with Crippen molar-refractivity contribution in [2.45, 2.75) is 43.9 Å². The van der Waals surface area contributed by atoms with Crippen molar-refractivity contribution in [3.05, 3.63) is 144 Å². The summed E-state index contributed by atoms with van der Waals surface area (Å²) in [6, 6.07) is 42.5. The number of benzene rings is 4. The van der Waals surface area contributed by atoms with Gasteiger partial charge >= 0.3 is 0 Å². The fourth-order valence-corrected chi connectivity index (χ4v) is 6.04. The van der Waals surface area contributed by atoms with Gasteiger partial charge in [-0.1, -0.05) is 121 Å². The van der Waals surface area contributed by atoms with Gasteiger partial charge in [-0.05, 0) is 80.5 Å². The second-order valence-corrected chi connectivity index (χ2v) is 12.3. The van der Waals surface area contributed by atoms with Gasteiger partial charge in [-0.25, -0.2) is 0 Å². The van der Waals surface area contributed by atoms with Crippen molar-refractivity contribution >= 4 is 11.9 Å². The molecule has 0 aliphatic rings. The summed E-state index contributed by atoms with van der Waals surface area (Å²) in [4.78, 5) is 0. The zero-order valence-electron chi connectivity index (χ0n) is 28.9. The van der Waals surface area contributed by atoms with Gasteiger partial charge in [-0.3, -0.25) is 10.8 Å². The largest absolute Gasteiger partial charge is 0.357 e. The van der Waals surface area contributed by atoms with E-state index in [1.54, 1.807) is 0 Å². The molecule has 0 bridgehead atoms. The Kier molecular flexibility index (Phi) is 17.3. The third kappa shape index (κ3) is 14.6. The Morgan fingerprint density at radius 2 is 0.633 bits per heavy atom. The van der Waals surface area contributed by atoms with Crippen molar-refractivity contribution in [2.24, 2.45) is 0 Å². The van der Waals surface area contributed by atoms with E-state index in [2.05, 4.69) is 153 Å². The molecule has 4 rings (SSSR count). The Morgan fingerprint density at radius 3 is 0.939 bits per heavy atom. The van der Waals surface area contributed by atoms with Crippen LogP contribution in [-0.2, 0) is 0 Å². The molecule has 260 valence electrons. The minimum absolute atomic E-state index is 0.310. The lowest BCUT2D eigenvalue weighted by atomic mass is 9.88. The lowest BCUT2D eigenvalue weighted by Crippen LogP contribution is -2.38. The van der Waals surface area contributed by atoms with Gasteiger partial charge in [0.1, 0.15) is 0 Å². The van der Waals surface area contributed by atoms with Crippen LogP contribution in [0.5, 0.6) is 0 Å². The molecule has 0 heterocycles. The molecule has 4 aromatic carbocycles. The van der Waals surface area contributed by atoms with Crippen LogP contribution in [0.2, 0.25) is 0 Å². The zero-order valence-corrected chi connectivity index (χ0v) is 28.9. The van der Waals surface area contributed by atoms with E-state index >= 15 is 0 Å². The lowest BCUT2D eigenvalue weighted by Gasteiger charge is -2.19. The lowest BCUT2D eigenvalue weighted by molar-refractivity contribution is 0.569. The molecule has 8 N–H and O–H groups in total. The van der Waals surface area contributed by atoms with Crippen LogP contribution in [0.3, 0.4) is 0 Å². The van der Waals surface area contributed by atoms with Gasteiger partial charge in [0.05, 0.1) is 0 Å². The van der Waals surface area contributed by atoms with Gasteiger partial charge < -0.3 is 31.9 Å². The van der Waals surface area contributed by atoms with E-state index in [0.717, 1.165) is 84.5 Å². The SMILES string of the molecule is N=C(NCCCNCCCNCCCNC(=N)NCCC(c1ccccc1)c1ccccc1)NCCC(c1ccccc1)c1ccccc1. The molecule has 0 aliphatic carbocycles. The first-order valence-corrected chi connectivity index (χ1v) is 17.9. The third-order valence-corrected chi connectivity index (χ3v) is 8.65. The Balaban J connectivity index is 0.942. The average molecular weight is 661 g/mol. The van der Waals surface area contributed by atoms with Crippen LogP contribution in [0.4, 0.5) is 0 Å². The van der Waals surface area contributed by atoms with Crippen molar-refractivity contribution in [1.82, 2.24) is 31.9 Å². The normalized spacial score (nSPS) is 11.0. The maximum Gasteiger partial charge on any atom is 0.188 e. The molecule has 0 saturated heterocycles. The topological polar surface area (TPSA) is 120 Å². The fraction of sp³-hybridized carbons (Fsp3) is 0.366. The number of rotatable bonds is 22. The highest BCUT2D eigenvalue weighted by atomic mass is 15.1. The maximum atomic E-state index is 8.24. The highest BCUT2D eigenvalue weighted by molar-refractivity contribution is 5.76. The summed E-state index contributed by atoms with van der Waals surface area (Å²) in [5, 5.41) is 36.4. The molecular formula is C41H56N8. The van der Waals surface area contributed by atoms with Crippen molar-refractivity contribution in [2.75, 3.05) is 52.4 Å². The van der Waals surface area contributed by atoms with Crippen LogP contribution >= 0.6 is 0 Å². The van der Waals surface area contributed by atoms with E-state index in [1.165, 1.54) is 22.3 Å². The molecule has 0 saturated carbocycles. The quantitative estimate of drug-likeness (QED) is 0.0297. The molecule has 49 heavy (non-hydrogen) atoms. The van der Waals surface area contributed by atoms with E-state index in [-0.39, 0.29) is 0 Å². The van der Waals surface area contributed by atoms with Crippen LogP contribution in [0.1, 0.15) is 66.2 Å². The summed E-state index contributed by atoms with van der Waals surface area (Å²) in [6.45, 7) is 6.84. The second kappa shape index (κ2) is 22.8. The first-order valence-electron chi connectivity index (χ1n) is 17.9. The molecule has 4 aromatic rings. The van der Waals surface area contributed by atoms with Crippen LogP contribution in [0.25, 0.3) is 0 Å². The first kappa shape index (κ1) is 37.2. The highest BCUT2D eigenvalue weighted by Gasteiger charge is 2.15. The summed E-state index contributed by atoms with van der Waals surface area (Å²) in [6.07, 6.45) is 4.87. The molecule has 8 nitrogen and oxygen atoms in total. The summed E-state index contributed by atoms with van der Waals surface area (Å²) in [5.41, 5.74) is 5.23. The van der Waals surface area contributed by atoms with Gasteiger partial charge in [-0.15, -0.1) is 0 Å². The Morgan fingerprint density at radius 1 is 0.367 bits per heavy atom. The molecule has 0 atom stereocenters. The smallest absolute Gasteiger partial charge is 0.188 e. The van der Waals surface area contributed by atoms with E-state index in [4.69, 9.17) is 10.8 Å². The summed E-state index contributed by atoms with van der Waals surface area (Å²) < 4.78 is 0. The van der Waals surface area contributed by atoms with E-state index in [1.807, 2.05) is 0 Å². The van der Waals surface area contributed by atoms with Crippen molar-refractivity contribution in [1.29, 1.82) is 10.8 Å². The Labute approximate surface area is 293 Å². The second-order valence-electron chi connectivity index (χ2n) is 12.3. The number of hydrogen-bond donors (Lipinski definition) is 8. The van der Waals surface area contributed by atoms with Gasteiger partial charge in [0.25, 0.3) is 0 Å². The first-order chi connectivity index (χ1) is 24.2. The predicted molar refractivity (Wildman–Crippen MR) is 206 cm³/mol. The standard InChI is InChI=1S/C41H56N8/c42-40(48-32-24-38(34-16-5-1-6-17-34)35-18-7-2-8-19-35)46-30-14-28-44-26-13-27-45-29-15-31-47-41(43)49-33-25-39(36-20-9-3-10-21-36)37-22-11-4-12-23-37/h1-12,16-23,38-39,44-45H,13-15,24-33H2,(H3,42,46,48)(H3,43,47,49). The minimum Gasteiger partial charge on any atom is -0.357 e.